The van der Waals surface area contributed by atoms with Gasteiger partial charge in [0.15, 0.2) is 0 Å². The van der Waals surface area contributed by atoms with Crippen LogP contribution in [0.5, 0.6) is 0 Å². The van der Waals surface area contributed by atoms with Crippen LogP contribution in [-0.2, 0) is 11.0 Å². The van der Waals surface area contributed by atoms with Gasteiger partial charge in [0.2, 0.25) is 5.91 Å². The first-order valence-corrected chi connectivity index (χ1v) is 7.72. The first kappa shape index (κ1) is 17.0. The van der Waals surface area contributed by atoms with Gasteiger partial charge in [-0.2, -0.15) is 13.2 Å². The second-order valence-corrected chi connectivity index (χ2v) is 6.18. The van der Waals surface area contributed by atoms with E-state index in [2.05, 4.69) is 10.6 Å². The maximum Gasteiger partial charge on any atom is 0.417 e. The summed E-state index contributed by atoms with van der Waals surface area (Å²) in [6.45, 7) is 0. The lowest BCUT2D eigenvalue weighted by atomic mass is 10.2. The molecule has 2 N–H and O–H groups in total. The number of benzene rings is 1. The molecule has 0 radical (unpaired) electrons. The summed E-state index contributed by atoms with van der Waals surface area (Å²) in [7, 11) is 0. The Kier molecular flexibility index (Phi) is 5.23. The van der Waals surface area contributed by atoms with Gasteiger partial charge in [-0.3, -0.25) is 10.1 Å². The molecular formula is C13H12ClF3N2O2S. The third-order valence-corrected chi connectivity index (χ3v) is 4.10. The molecule has 0 unspecified atom stereocenters. The van der Waals surface area contributed by atoms with Crippen LogP contribution >= 0.6 is 23.4 Å². The number of urea groups is 1. The Morgan fingerprint density at radius 3 is 2.59 bits per heavy atom. The number of carbonyl (C=O) groups is 2. The number of amides is 3. The highest BCUT2D eigenvalue weighted by Gasteiger charge is 2.33. The van der Waals surface area contributed by atoms with Crippen molar-refractivity contribution in [3.63, 3.8) is 0 Å². The molecule has 0 aromatic heterocycles. The molecular weight excluding hydrogens is 341 g/mol. The number of hydrogen-bond donors (Lipinski definition) is 2. The molecule has 1 aliphatic carbocycles. The van der Waals surface area contributed by atoms with E-state index in [1.165, 1.54) is 6.07 Å². The third-order valence-electron chi connectivity index (χ3n) is 2.78. The zero-order valence-electron chi connectivity index (χ0n) is 11.2. The maximum atomic E-state index is 12.7. The van der Waals surface area contributed by atoms with Gasteiger partial charge in [0, 0.05) is 10.9 Å². The predicted octanol–water partition coefficient (Wildman–Crippen LogP) is 3.44. The van der Waals surface area contributed by atoms with Gasteiger partial charge in [0.05, 0.1) is 16.3 Å². The standard InChI is InChI=1S/C13H12ClF3N2O2S/c14-10-4-3-8(5-9(10)13(15,16)17)22-6-11(20)19-12(21)18-7-1-2-7/h3-5,7H,1-2,6H2,(H2,18,19,20,21). The van der Waals surface area contributed by atoms with Crippen molar-refractivity contribution in [2.75, 3.05) is 5.75 Å². The Bertz CT molecular complexity index is 591. The van der Waals surface area contributed by atoms with Crippen LogP contribution in [0.4, 0.5) is 18.0 Å². The second kappa shape index (κ2) is 6.78. The topological polar surface area (TPSA) is 58.2 Å². The highest BCUT2D eigenvalue weighted by Crippen LogP contribution is 2.36. The SMILES string of the molecule is O=C(CSc1ccc(Cl)c(C(F)(F)F)c1)NC(=O)NC1CC1. The van der Waals surface area contributed by atoms with Gasteiger partial charge >= 0.3 is 12.2 Å². The van der Waals surface area contributed by atoms with Gasteiger partial charge in [-0.25, -0.2) is 4.79 Å². The number of thioether (sulfide) groups is 1. The summed E-state index contributed by atoms with van der Waals surface area (Å²) >= 11 is 6.40. The Labute approximate surface area is 133 Å². The second-order valence-electron chi connectivity index (χ2n) is 4.72. The van der Waals surface area contributed by atoms with Crippen LogP contribution in [0.3, 0.4) is 0 Å². The van der Waals surface area contributed by atoms with Crippen molar-refractivity contribution in [1.82, 2.24) is 10.6 Å². The van der Waals surface area contributed by atoms with Gasteiger partial charge in [0.25, 0.3) is 0 Å². The molecule has 4 nitrogen and oxygen atoms in total. The minimum absolute atomic E-state index is 0.117. The van der Waals surface area contributed by atoms with E-state index in [9.17, 15) is 22.8 Å². The number of nitrogens with one attached hydrogen (secondary N) is 2. The van der Waals surface area contributed by atoms with Crippen molar-refractivity contribution in [3.05, 3.63) is 28.8 Å². The predicted molar refractivity (Wildman–Crippen MR) is 76.9 cm³/mol. The van der Waals surface area contributed by atoms with Gasteiger partial charge in [-0.1, -0.05) is 11.6 Å². The van der Waals surface area contributed by atoms with Crippen molar-refractivity contribution in [1.29, 1.82) is 0 Å². The summed E-state index contributed by atoms with van der Waals surface area (Å²) in [5, 5.41) is 4.29. The quantitative estimate of drug-likeness (QED) is 0.816. The Morgan fingerprint density at radius 1 is 1.32 bits per heavy atom. The van der Waals surface area contributed by atoms with Crippen LogP contribution in [0.1, 0.15) is 18.4 Å². The summed E-state index contributed by atoms with van der Waals surface area (Å²) in [5.41, 5.74) is -0.953. The normalized spacial score (nSPS) is 14.5. The van der Waals surface area contributed by atoms with Crippen molar-refractivity contribution >= 4 is 35.3 Å². The molecule has 1 fully saturated rings. The fraction of sp³-hybridized carbons (Fsp3) is 0.385. The van der Waals surface area contributed by atoms with Gasteiger partial charge in [0.1, 0.15) is 0 Å². The number of alkyl halides is 3. The molecule has 0 saturated heterocycles. The van der Waals surface area contributed by atoms with Crippen LogP contribution in [0, 0.1) is 0 Å². The van der Waals surface area contributed by atoms with E-state index in [0.717, 1.165) is 36.7 Å². The average molecular weight is 353 g/mol. The van der Waals surface area contributed by atoms with Crippen molar-refractivity contribution in [3.8, 4) is 0 Å². The first-order chi connectivity index (χ1) is 10.3. The number of imide groups is 1. The summed E-state index contributed by atoms with van der Waals surface area (Å²) in [5.74, 6) is -0.747. The van der Waals surface area contributed by atoms with Crippen LogP contribution < -0.4 is 10.6 Å². The molecule has 1 aromatic rings. The van der Waals surface area contributed by atoms with E-state index in [4.69, 9.17) is 11.6 Å². The molecule has 120 valence electrons. The monoisotopic (exact) mass is 352 g/mol. The fourth-order valence-electron chi connectivity index (χ4n) is 1.57. The smallest absolute Gasteiger partial charge is 0.335 e. The van der Waals surface area contributed by atoms with E-state index in [1.807, 2.05) is 0 Å². The van der Waals surface area contributed by atoms with Crippen molar-refractivity contribution in [2.24, 2.45) is 0 Å². The largest absolute Gasteiger partial charge is 0.417 e. The molecule has 1 aliphatic rings. The molecule has 22 heavy (non-hydrogen) atoms. The molecule has 3 amide bonds. The first-order valence-electron chi connectivity index (χ1n) is 6.35. The van der Waals surface area contributed by atoms with E-state index >= 15 is 0 Å². The average Bonchev–Trinajstić information content (AvgIpc) is 3.20. The van der Waals surface area contributed by atoms with Crippen LogP contribution in [0.2, 0.25) is 5.02 Å². The molecule has 0 atom stereocenters. The lowest BCUT2D eigenvalue weighted by molar-refractivity contribution is -0.137. The van der Waals surface area contributed by atoms with Gasteiger partial charge in [-0.15, -0.1) is 11.8 Å². The van der Waals surface area contributed by atoms with E-state index in [-0.39, 0.29) is 16.7 Å². The number of carbonyl (C=O) groups excluding carboxylic acids is 2. The molecule has 2 rings (SSSR count). The van der Waals surface area contributed by atoms with Gasteiger partial charge < -0.3 is 5.32 Å². The zero-order chi connectivity index (χ0) is 16.3. The minimum Gasteiger partial charge on any atom is -0.335 e. The highest BCUT2D eigenvalue weighted by molar-refractivity contribution is 8.00. The lowest BCUT2D eigenvalue weighted by Crippen LogP contribution is -2.41. The Morgan fingerprint density at radius 2 is 2.00 bits per heavy atom. The van der Waals surface area contributed by atoms with E-state index in [0.29, 0.717) is 0 Å². The lowest BCUT2D eigenvalue weighted by Gasteiger charge is -2.10. The van der Waals surface area contributed by atoms with Crippen LogP contribution in [0.15, 0.2) is 23.1 Å². The Balaban J connectivity index is 1.88. The van der Waals surface area contributed by atoms with Crippen LogP contribution in [-0.4, -0.2) is 23.7 Å². The molecule has 0 heterocycles. The summed E-state index contributed by atoms with van der Waals surface area (Å²) in [6.07, 6.45) is -2.78. The summed E-state index contributed by atoms with van der Waals surface area (Å²) < 4.78 is 38.1. The molecule has 0 bridgehead atoms. The minimum atomic E-state index is -4.56. The van der Waals surface area contributed by atoms with Gasteiger partial charge in [-0.05, 0) is 31.0 Å². The summed E-state index contributed by atoms with van der Waals surface area (Å²) in [6, 6.07) is 2.93. The number of hydrogen-bond acceptors (Lipinski definition) is 3. The highest BCUT2D eigenvalue weighted by atomic mass is 35.5. The number of halogens is 4. The summed E-state index contributed by atoms with van der Waals surface area (Å²) in [4.78, 5) is 23.1. The molecule has 0 aliphatic heterocycles. The fourth-order valence-corrected chi connectivity index (χ4v) is 2.53. The molecule has 1 aromatic carbocycles. The van der Waals surface area contributed by atoms with Crippen LogP contribution in [0.25, 0.3) is 0 Å². The van der Waals surface area contributed by atoms with E-state index in [1.54, 1.807) is 0 Å². The Hall–Kier alpha value is -1.41. The number of rotatable bonds is 4. The van der Waals surface area contributed by atoms with Crippen molar-refractivity contribution < 1.29 is 22.8 Å². The molecule has 0 spiro atoms. The third kappa shape index (κ3) is 5.10. The van der Waals surface area contributed by atoms with Crippen molar-refractivity contribution in [2.45, 2.75) is 30.0 Å². The molecule has 1 saturated carbocycles. The molecule has 9 heteroatoms. The zero-order valence-corrected chi connectivity index (χ0v) is 12.7. The maximum absolute atomic E-state index is 12.7. The van der Waals surface area contributed by atoms with E-state index < -0.39 is 28.7 Å².